The molecule has 1 aromatic rings. The lowest BCUT2D eigenvalue weighted by molar-refractivity contribution is -0.131. The van der Waals surface area contributed by atoms with Crippen molar-refractivity contribution in [3.63, 3.8) is 0 Å². The summed E-state index contributed by atoms with van der Waals surface area (Å²) in [6, 6.07) is 6.34. The predicted octanol–water partition coefficient (Wildman–Crippen LogP) is 4.63. The summed E-state index contributed by atoms with van der Waals surface area (Å²) >= 11 is 1.64. The van der Waals surface area contributed by atoms with Crippen LogP contribution in [0, 0.1) is 0 Å². The van der Waals surface area contributed by atoms with Gasteiger partial charge in [-0.1, -0.05) is 38.3 Å². The van der Waals surface area contributed by atoms with Crippen molar-refractivity contribution in [2.75, 3.05) is 6.26 Å². The Morgan fingerprint density at radius 1 is 1.32 bits per heavy atom. The molecule has 0 heterocycles. The van der Waals surface area contributed by atoms with Crippen LogP contribution in [0.5, 0.6) is 0 Å². The van der Waals surface area contributed by atoms with Gasteiger partial charge in [-0.2, -0.15) is 0 Å². The topological polar surface area (TPSA) is 37.3 Å². The Kier molecular flexibility index (Phi) is 7.34. The van der Waals surface area contributed by atoms with E-state index in [1.807, 2.05) is 6.26 Å². The number of carboxylic acid groups (broad SMARTS) is 1. The number of hydrogen-bond acceptors (Lipinski definition) is 2. The van der Waals surface area contributed by atoms with Crippen molar-refractivity contribution in [3.8, 4) is 0 Å². The van der Waals surface area contributed by atoms with Crippen molar-refractivity contribution in [2.24, 2.45) is 0 Å². The van der Waals surface area contributed by atoms with Crippen LogP contribution in [0.2, 0.25) is 0 Å². The van der Waals surface area contributed by atoms with Gasteiger partial charge in [0.05, 0.1) is 0 Å². The van der Waals surface area contributed by atoms with E-state index in [4.69, 9.17) is 5.11 Å². The number of unbranched alkanes of at least 4 members (excludes halogenated alkanes) is 3. The van der Waals surface area contributed by atoms with Gasteiger partial charge in [-0.25, -0.2) is 4.79 Å². The number of aryl methyl sites for hydroxylation is 1. The van der Waals surface area contributed by atoms with E-state index in [9.17, 15) is 4.79 Å². The van der Waals surface area contributed by atoms with Crippen LogP contribution in [0.3, 0.4) is 0 Å². The molecule has 0 bridgehead atoms. The van der Waals surface area contributed by atoms with Crippen LogP contribution in [-0.4, -0.2) is 17.3 Å². The molecule has 19 heavy (non-hydrogen) atoms. The first-order valence-electron chi connectivity index (χ1n) is 6.75. The second-order valence-electron chi connectivity index (χ2n) is 4.56. The fourth-order valence-electron chi connectivity index (χ4n) is 1.99. The maximum Gasteiger partial charge on any atom is 0.328 e. The second-order valence-corrected chi connectivity index (χ2v) is 5.41. The molecule has 0 saturated heterocycles. The Hall–Kier alpha value is -1.22. The number of carboxylic acids is 1. The summed E-state index contributed by atoms with van der Waals surface area (Å²) < 4.78 is 0. The third-order valence-corrected chi connectivity index (χ3v) is 3.83. The molecule has 1 aromatic carbocycles. The van der Waals surface area contributed by atoms with Crippen molar-refractivity contribution in [1.82, 2.24) is 0 Å². The Morgan fingerprint density at radius 3 is 2.74 bits per heavy atom. The summed E-state index contributed by atoms with van der Waals surface area (Å²) in [7, 11) is 0. The van der Waals surface area contributed by atoms with Crippen LogP contribution in [0.1, 0.15) is 43.7 Å². The van der Waals surface area contributed by atoms with Crippen LogP contribution in [0.4, 0.5) is 0 Å². The SMILES string of the molecule is CCCCCCc1ccc(SC)c(/C=C/C(=O)O)c1. The maximum absolute atomic E-state index is 10.6. The molecule has 0 unspecified atom stereocenters. The van der Waals surface area contributed by atoms with Gasteiger partial charge in [0, 0.05) is 11.0 Å². The minimum atomic E-state index is -0.902. The monoisotopic (exact) mass is 278 g/mol. The molecule has 1 N–H and O–H groups in total. The summed E-state index contributed by atoms with van der Waals surface area (Å²) in [5.74, 6) is -0.902. The van der Waals surface area contributed by atoms with Gasteiger partial charge >= 0.3 is 5.97 Å². The average Bonchev–Trinajstić information content (AvgIpc) is 2.41. The zero-order valence-corrected chi connectivity index (χ0v) is 12.5. The maximum atomic E-state index is 10.6. The number of aliphatic carboxylic acids is 1. The lowest BCUT2D eigenvalue weighted by atomic mass is 10.0. The molecule has 2 nitrogen and oxygen atoms in total. The summed E-state index contributed by atoms with van der Waals surface area (Å²) in [6.07, 6.45) is 11.0. The molecule has 104 valence electrons. The summed E-state index contributed by atoms with van der Waals surface area (Å²) in [6.45, 7) is 2.21. The van der Waals surface area contributed by atoms with Gasteiger partial charge in [-0.3, -0.25) is 0 Å². The van der Waals surface area contributed by atoms with Crippen LogP contribution in [0.25, 0.3) is 6.08 Å². The zero-order chi connectivity index (χ0) is 14.1. The molecule has 3 heteroatoms. The number of benzene rings is 1. The fraction of sp³-hybridized carbons (Fsp3) is 0.438. The first kappa shape index (κ1) is 15.8. The van der Waals surface area contributed by atoms with E-state index < -0.39 is 5.97 Å². The molecule has 0 aliphatic rings. The number of thioether (sulfide) groups is 1. The van der Waals surface area contributed by atoms with E-state index in [2.05, 4.69) is 25.1 Å². The molecule has 0 aliphatic heterocycles. The van der Waals surface area contributed by atoms with Crippen molar-refractivity contribution in [1.29, 1.82) is 0 Å². The van der Waals surface area contributed by atoms with E-state index in [0.717, 1.165) is 16.9 Å². The van der Waals surface area contributed by atoms with Gasteiger partial charge in [0.25, 0.3) is 0 Å². The predicted molar refractivity (Wildman–Crippen MR) is 82.7 cm³/mol. The molecular formula is C16H22O2S. The van der Waals surface area contributed by atoms with Crippen LogP contribution in [0.15, 0.2) is 29.2 Å². The normalized spacial score (nSPS) is 11.1. The minimum Gasteiger partial charge on any atom is -0.478 e. The number of rotatable bonds is 8. The summed E-state index contributed by atoms with van der Waals surface area (Å²) in [4.78, 5) is 11.7. The van der Waals surface area contributed by atoms with Gasteiger partial charge < -0.3 is 5.11 Å². The third kappa shape index (κ3) is 5.97. The van der Waals surface area contributed by atoms with Crippen molar-refractivity contribution >= 4 is 23.8 Å². The molecule has 0 radical (unpaired) electrons. The van der Waals surface area contributed by atoms with Crippen LogP contribution in [-0.2, 0) is 11.2 Å². The van der Waals surface area contributed by atoms with E-state index in [1.165, 1.54) is 37.3 Å². The van der Waals surface area contributed by atoms with Crippen molar-refractivity contribution in [2.45, 2.75) is 43.9 Å². The Bertz CT molecular complexity index is 438. The zero-order valence-electron chi connectivity index (χ0n) is 11.7. The molecule has 0 spiro atoms. The van der Waals surface area contributed by atoms with Crippen molar-refractivity contribution < 1.29 is 9.90 Å². The van der Waals surface area contributed by atoms with Gasteiger partial charge in [-0.15, -0.1) is 11.8 Å². The number of hydrogen-bond donors (Lipinski definition) is 1. The first-order valence-corrected chi connectivity index (χ1v) is 7.97. The molecule has 1 rings (SSSR count). The summed E-state index contributed by atoms with van der Waals surface area (Å²) in [5, 5.41) is 8.71. The summed E-state index contributed by atoms with van der Waals surface area (Å²) in [5.41, 5.74) is 2.29. The molecule has 0 saturated carbocycles. The molecule has 0 amide bonds. The van der Waals surface area contributed by atoms with Gasteiger partial charge in [0.1, 0.15) is 0 Å². The molecule has 0 fully saturated rings. The Balaban J connectivity index is 2.74. The Labute approximate surface area is 119 Å². The molecule has 0 atom stereocenters. The highest BCUT2D eigenvalue weighted by Crippen LogP contribution is 2.23. The Morgan fingerprint density at radius 2 is 2.11 bits per heavy atom. The molecule has 0 aliphatic carbocycles. The minimum absolute atomic E-state index is 0.902. The lowest BCUT2D eigenvalue weighted by Crippen LogP contribution is -1.90. The van der Waals surface area contributed by atoms with Crippen molar-refractivity contribution in [3.05, 3.63) is 35.4 Å². The molecular weight excluding hydrogens is 256 g/mol. The van der Waals surface area contributed by atoms with Gasteiger partial charge in [-0.05, 0) is 42.4 Å². The largest absolute Gasteiger partial charge is 0.478 e. The fourth-order valence-corrected chi connectivity index (χ4v) is 2.55. The highest BCUT2D eigenvalue weighted by molar-refractivity contribution is 7.98. The third-order valence-electron chi connectivity index (χ3n) is 3.02. The van der Waals surface area contributed by atoms with Crippen LogP contribution >= 0.6 is 11.8 Å². The highest BCUT2D eigenvalue weighted by atomic mass is 32.2. The van der Waals surface area contributed by atoms with E-state index in [-0.39, 0.29) is 0 Å². The highest BCUT2D eigenvalue weighted by Gasteiger charge is 2.02. The first-order chi connectivity index (χ1) is 9.17. The molecule has 0 aromatic heterocycles. The van der Waals surface area contributed by atoms with Gasteiger partial charge in [0.15, 0.2) is 0 Å². The second kappa shape index (κ2) is 8.81. The number of carbonyl (C=O) groups is 1. The van der Waals surface area contributed by atoms with E-state index in [1.54, 1.807) is 17.8 Å². The van der Waals surface area contributed by atoms with Gasteiger partial charge in [0.2, 0.25) is 0 Å². The van der Waals surface area contributed by atoms with Crippen LogP contribution < -0.4 is 0 Å². The quantitative estimate of drug-likeness (QED) is 0.428. The van der Waals surface area contributed by atoms with E-state index >= 15 is 0 Å². The smallest absolute Gasteiger partial charge is 0.328 e. The average molecular weight is 278 g/mol. The lowest BCUT2D eigenvalue weighted by Gasteiger charge is -2.07. The van der Waals surface area contributed by atoms with E-state index in [0.29, 0.717) is 0 Å². The standard InChI is InChI=1S/C16H22O2S/c1-3-4-5-6-7-13-8-10-15(19-2)14(12-13)9-11-16(17)18/h8-12H,3-7H2,1-2H3,(H,17,18)/b11-9+.